The van der Waals surface area contributed by atoms with E-state index in [0.29, 0.717) is 35.2 Å². The van der Waals surface area contributed by atoms with Crippen molar-refractivity contribution in [1.82, 2.24) is 15.6 Å². The maximum atomic E-state index is 14.8. The van der Waals surface area contributed by atoms with Gasteiger partial charge in [0.25, 0.3) is 5.91 Å². The van der Waals surface area contributed by atoms with Gasteiger partial charge in [-0.15, -0.1) is 0 Å². The number of aromatic nitrogens is 1. The van der Waals surface area contributed by atoms with Gasteiger partial charge in [0, 0.05) is 17.3 Å². The van der Waals surface area contributed by atoms with Crippen molar-refractivity contribution in [3.63, 3.8) is 0 Å². The maximum Gasteiger partial charge on any atom is 0.416 e. The molecule has 4 rings (SSSR count). The molecule has 176 valence electrons. The smallest absolute Gasteiger partial charge is 0.365 e. The van der Waals surface area contributed by atoms with Crippen molar-refractivity contribution in [1.29, 1.82) is 5.26 Å². The van der Waals surface area contributed by atoms with E-state index < -0.39 is 36.5 Å². The molecule has 2 N–H and O–H groups in total. The Balaban J connectivity index is 1.59. The van der Waals surface area contributed by atoms with Gasteiger partial charge in [-0.1, -0.05) is 0 Å². The van der Waals surface area contributed by atoms with E-state index in [1.165, 1.54) is 17.2 Å². The quantitative estimate of drug-likeness (QED) is 0.675. The molecular weight excluding hydrogens is 442 g/mol. The summed E-state index contributed by atoms with van der Waals surface area (Å²) in [6.07, 6.45) is -6.44. The number of fused-ring (bicyclic) bond motifs is 1. The number of carbonyl (C=O) groups excluding carboxylic acids is 1. The molecule has 0 radical (unpaired) electrons. The number of anilines is 1. The largest absolute Gasteiger partial charge is 0.416 e. The fourth-order valence-electron chi connectivity index (χ4n) is 4.22. The molecule has 2 aliphatic rings. The van der Waals surface area contributed by atoms with Crippen LogP contribution in [0, 0.1) is 11.3 Å². The van der Waals surface area contributed by atoms with Crippen molar-refractivity contribution < 1.29 is 27.1 Å². The standard InChI is InChI=1S/C22H23F4N5O2/c23-21(5-8-28-9-6-21)13-30-20(32)17-11-31(12-18(33-17)22(24,25)26)16-4-3-14(10-27)19-15(16)2-1-7-29-19/h1-4,7,17-18,28H,5-6,8-9,11-13H2,(H,30,32). The van der Waals surface area contributed by atoms with Gasteiger partial charge in [0.2, 0.25) is 0 Å². The summed E-state index contributed by atoms with van der Waals surface area (Å²) < 4.78 is 60.8. The number of morpholine rings is 1. The van der Waals surface area contributed by atoms with Crippen molar-refractivity contribution in [2.75, 3.05) is 37.6 Å². The van der Waals surface area contributed by atoms with Gasteiger partial charge in [0.1, 0.15) is 11.7 Å². The van der Waals surface area contributed by atoms with Crippen LogP contribution in [0.25, 0.3) is 10.9 Å². The second-order valence-corrected chi connectivity index (χ2v) is 8.32. The van der Waals surface area contributed by atoms with Crippen molar-refractivity contribution >= 4 is 22.5 Å². The van der Waals surface area contributed by atoms with E-state index in [2.05, 4.69) is 15.6 Å². The molecule has 0 saturated carbocycles. The fraction of sp³-hybridized carbons (Fsp3) is 0.500. The number of nitrogens with zero attached hydrogens (tertiary/aromatic N) is 3. The molecule has 1 aromatic heterocycles. The van der Waals surface area contributed by atoms with Crippen LogP contribution in [0.3, 0.4) is 0 Å². The number of ether oxygens (including phenoxy) is 1. The summed E-state index contributed by atoms with van der Waals surface area (Å²) in [6.45, 7) is -0.0309. The first kappa shape index (κ1) is 23.2. The van der Waals surface area contributed by atoms with E-state index in [0.717, 1.165) is 0 Å². The lowest BCUT2D eigenvalue weighted by Crippen LogP contribution is -2.58. The van der Waals surface area contributed by atoms with Gasteiger partial charge in [-0.2, -0.15) is 18.4 Å². The highest BCUT2D eigenvalue weighted by atomic mass is 19.4. The Morgan fingerprint density at radius 3 is 2.76 bits per heavy atom. The highest BCUT2D eigenvalue weighted by Crippen LogP contribution is 2.34. The SMILES string of the molecule is N#Cc1ccc(N2CC(C(=O)NCC3(F)CCNCC3)OC(C(F)(F)F)C2)c2cccnc12. The van der Waals surface area contributed by atoms with Crippen molar-refractivity contribution in [3.8, 4) is 6.07 Å². The molecule has 3 heterocycles. The zero-order chi connectivity index (χ0) is 23.6. The van der Waals surface area contributed by atoms with E-state index in [4.69, 9.17) is 4.74 Å². The Bertz CT molecular complexity index is 1060. The molecule has 1 amide bonds. The third kappa shape index (κ3) is 5.02. The Morgan fingerprint density at radius 2 is 2.06 bits per heavy atom. The van der Waals surface area contributed by atoms with E-state index in [-0.39, 0.29) is 25.9 Å². The van der Waals surface area contributed by atoms with Crippen LogP contribution in [0.1, 0.15) is 18.4 Å². The molecule has 2 fully saturated rings. The first-order valence-electron chi connectivity index (χ1n) is 10.6. The van der Waals surface area contributed by atoms with Crippen LogP contribution in [0.2, 0.25) is 0 Å². The number of amides is 1. The zero-order valence-corrected chi connectivity index (χ0v) is 17.7. The predicted molar refractivity (Wildman–Crippen MR) is 112 cm³/mol. The third-order valence-electron chi connectivity index (χ3n) is 6.05. The number of halogens is 4. The molecular formula is C22H23F4N5O2. The van der Waals surface area contributed by atoms with E-state index in [1.807, 2.05) is 6.07 Å². The molecule has 2 atom stereocenters. The van der Waals surface area contributed by atoms with Gasteiger partial charge in [-0.3, -0.25) is 9.78 Å². The number of piperidine rings is 1. The minimum atomic E-state index is -4.70. The van der Waals surface area contributed by atoms with Crippen LogP contribution in [-0.2, 0) is 9.53 Å². The molecule has 7 nitrogen and oxygen atoms in total. The maximum absolute atomic E-state index is 14.8. The number of pyridine rings is 1. The summed E-state index contributed by atoms with van der Waals surface area (Å²) >= 11 is 0. The number of carbonyl (C=O) groups is 1. The second kappa shape index (κ2) is 9.11. The van der Waals surface area contributed by atoms with Gasteiger partial charge < -0.3 is 20.3 Å². The Labute approximate surface area is 187 Å². The number of hydrogen-bond donors (Lipinski definition) is 2. The van der Waals surface area contributed by atoms with Gasteiger partial charge >= 0.3 is 6.18 Å². The first-order chi connectivity index (χ1) is 15.7. The van der Waals surface area contributed by atoms with Crippen LogP contribution in [0.15, 0.2) is 30.5 Å². The molecule has 0 spiro atoms. The minimum absolute atomic E-state index is 0.158. The van der Waals surface area contributed by atoms with Crippen LogP contribution in [0.4, 0.5) is 23.2 Å². The lowest BCUT2D eigenvalue weighted by atomic mass is 9.94. The first-order valence-corrected chi connectivity index (χ1v) is 10.6. The number of rotatable bonds is 4. The molecule has 0 aliphatic carbocycles. The molecule has 1 aromatic carbocycles. The third-order valence-corrected chi connectivity index (χ3v) is 6.05. The van der Waals surface area contributed by atoms with Crippen LogP contribution >= 0.6 is 0 Å². The van der Waals surface area contributed by atoms with Gasteiger partial charge in [-0.25, -0.2) is 4.39 Å². The van der Waals surface area contributed by atoms with Crippen molar-refractivity contribution in [2.24, 2.45) is 0 Å². The monoisotopic (exact) mass is 465 g/mol. The normalized spacial score (nSPS) is 23.2. The minimum Gasteiger partial charge on any atom is -0.365 e. The number of benzene rings is 1. The lowest BCUT2D eigenvalue weighted by molar-refractivity contribution is -0.234. The lowest BCUT2D eigenvalue weighted by Gasteiger charge is -2.40. The average molecular weight is 465 g/mol. The summed E-state index contributed by atoms with van der Waals surface area (Å²) in [6, 6.07) is 8.34. The highest BCUT2D eigenvalue weighted by Gasteiger charge is 2.48. The highest BCUT2D eigenvalue weighted by molar-refractivity contribution is 5.95. The van der Waals surface area contributed by atoms with E-state index in [1.54, 1.807) is 18.2 Å². The summed E-state index contributed by atoms with van der Waals surface area (Å²) in [5.41, 5.74) is -0.542. The van der Waals surface area contributed by atoms with Crippen molar-refractivity contribution in [3.05, 3.63) is 36.0 Å². The van der Waals surface area contributed by atoms with Gasteiger partial charge in [-0.05, 0) is 50.2 Å². The predicted octanol–water partition coefficient (Wildman–Crippen LogP) is 2.45. The molecule has 2 saturated heterocycles. The number of nitriles is 1. The molecule has 2 aliphatic heterocycles. The molecule has 2 unspecified atom stereocenters. The number of alkyl halides is 4. The topological polar surface area (TPSA) is 90.3 Å². The van der Waals surface area contributed by atoms with E-state index in [9.17, 15) is 27.6 Å². The summed E-state index contributed by atoms with van der Waals surface area (Å²) in [4.78, 5) is 18.3. The average Bonchev–Trinajstić information content (AvgIpc) is 2.81. The van der Waals surface area contributed by atoms with E-state index >= 15 is 0 Å². The summed E-state index contributed by atoms with van der Waals surface area (Å²) in [7, 11) is 0. The number of hydrogen-bond acceptors (Lipinski definition) is 6. The second-order valence-electron chi connectivity index (χ2n) is 8.32. The Kier molecular flexibility index (Phi) is 6.41. The molecule has 33 heavy (non-hydrogen) atoms. The van der Waals surface area contributed by atoms with Gasteiger partial charge in [0.15, 0.2) is 12.2 Å². The number of nitrogens with one attached hydrogen (secondary N) is 2. The Morgan fingerprint density at radius 1 is 1.30 bits per heavy atom. The zero-order valence-electron chi connectivity index (χ0n) is 17.7. The van der Waals surface area contributed by atoms with Crippen LogP contribution in [0.5, 0.6) is 0 Å². The fourth-order valence-corrected chi connectivity index (χ4v) is 4.22. The van der Waals surface area contributed by atoms with Crippen LogP contribution in [-0.4, -0.2) is 67.7 Å². The summed E-state index contributed by atoms with van der Waals surface area (Å²) in [5, 5.41) is 15.3. The van der Waals surface area contributed by atoms with Crippen molar-refractivity contribution in [2.45, 2.75) is 36.9 Å². The molecule has 2 aromatic rings. The van der Waals surface area contributed by atoms with Gasteiger partial charge in [0.05, 0.1) is 30.7 Å². The molecule has 11 heteroatoms. The molecule has 0 bridgehead atoms. The summed E-state index contributed by atoms with van der Waals surface area (Å²) in [5.74, 6) is -0.791. The van der Waals surface area contributed by atoms with Crippen LogP contribution < -0.4 is 15.5 Å². The Hall–Kier alpha value is -2.97.